The number of aromatic amines is 6. The Morgan fingerprint density at radius 3 is 1.12 bits per heavy atom. The molecule has 2 unspecified atom stereocenters. The number of nitrogens with one attached hydrogen (secondary N) is 14. The van der Waals surface area contributed by atoms with Gasteiger partial charge < -0.3 is 72.4 Å². The Bertz CT molecular complexity index is 7400. The van der Waals surface area contributed by atoms with E-state index in [1.54, 1.807) is 42.7 Å². The van der Waals surface area contributed by atoms with Crippen LogP contribution >= 0.6 is 81.4 Å². The zero-order valence-electron chi connectivity index (χ0n) is 81.4. The predicted octanol–water partition coefficient (Wildman–Crippen LogP) is 27.6. The highest BCUT2D eigenvalue weighted by molar-refractivity contribution is 7.98. The second-order valence-electron chi connectivity index (χ2n) is 37.0. The van der Waals surface area contributed by atoms with Gasteiger partial charge in [0, 0.05) is 119 Å². The Balaban J connectivity index is 0.000000113. The van der Waals surface area contributed by atoms with Crippen LogP contribution in [0.1, 0.15) is 101 Å². The highest BCUT2D eigenvalue weighted by atomic mass is 35.5. The molecule has 24 rings (SSSR count). The van der Waals surface area contributed by atoms with Crippen LogP contribution in [-0.2, 0) is 5.75 Å². The van der Waals surface area contributed by atoms with Crippen molar-refractivity contribution in [2.75, 3.05) is 85.5 Å². The van der Waals surface area contributed by atoms with Crippen molar-refractivity contribution in [2.45, 2.75) is 107 Å². The number of pyridine rings is 1. The Labute approximate surface area is 895 Å². The highest BCUT2D eigenvalue weighted by Crippen LogP contribution is 2.40. The molecule has 0 spiro atoms. The second-order valence-corrected chi connectivity index (χ2v) is 40.4. The lowest BCUT2D eigenvalue weighted by Gasteiger charge is -2.24. The average Bonchev–Trinajstić information content (AvgIpc) is 1.66. The number of benzene rings is 7. The number of piperidine rings is 3. The number of aromatic nitrogens is 19. The van der Waals surface area contributed by atoms with Crippen LogP contribution in [0, 0.1) is 46.8 Å². The number of fused-ring (bicyclic) bond motifs is 6. The zero-order chi connectivity index (χ0) is 103. The van der Waals surface area contributed by atoms with Gasteiger partial charge in [-0.15, -0.1) is 11.8 Å². The van der Waals surface area contributed by atoms with Crippen LogP contribution in [0.5, 0.6) is 0 Å². The predicted molar refractivity (Wildman–Crippen MR) is 595 cm³/mol. The molecule has 3 atom stereocenters. The number of hydrogen-bond acceptors (Lipinski definition) is 22. The van der Waals surface area contributed by atoms with E-state index in [2.05, 4.69) is 186 Å². The van der Waals surface area contributed by atoms with Gasteiger partial charge in [0.2, 0.25) is 0 Å². The molecule has 768 valence electrons. The van der Waals surface area contributed by atoms with Crippen molar-refractivity contribution in [3.05, 3.63) is 315 Å². The molecule has 1 saturated carbocycles. The maximum Gasteiger partial charge on any atom is 0.164 e. The largest absolute Gasteiger partial charge is 0.382 e. The molecule has 4 fully saturated rings. The first-order chi connectivity index (χ1) is 73.2. The van der Waals surface area contributed by atoms with Crippen molar-refractivity contribution in [1.29, 1.82) is 0 Å². The fourth-order valence-corrected chi connectivity index (χ4v) is 20.5. The molecular formula is C111H106Cl6F5N27S. The van der Waals surface area contributed by atoms with E-state index < -0.39 is 5.82 Å². The lowest BCUT2D eigenvalue weighted by atomic mass is 9.89. The van der Waals surface area contributed by atoms with E-state index in [1.807, 2.05) is 110 Å². The number of rotatable bonds is 24. The maximum atomic E-state index is 14.3. The summed E-state index contributed by atoms with van der Waals surface area (Å²) in [6.45, 7) is 10.2. The van der Waals surface area contributed by atoms with Gasteiger partial charge in [0.25, 0.3) is 0 Å². The Morgan fingerprint density at radius 1 is 0.327 bits per heavy atom. The third-order valence-electron chi connectivity index (χ3n) is 26.7. The first-order valence-corrected chi connectivity index (χ1v) is 53.0. The van der Waals surface area contributed by atoms with E-state index in [4.69, 9.17) is 69.6 Å². The van der Waals surface area contributed by atoms with Crippen molar-refractivity contribution in [2.24, 2.45) is 17.8 Å². The molecule has 3 saturated heterocycles. The highest BCUT2D eigenvalue weighted by Gasteiger charge is 2.25. The molecule has 16 heterocycles. The van der Waals surface area contributed by atoms with E-state index in [0.717, 1.165) is 156 Å². The Kier molecular flexibility index (Phi) is 34.9. The summed E-state index contributed by atoms with van der Waals surface area (Å²) in [4.78, 5) is 75.3. The molecular weight excluding hydrogens is 2050 g/mol. The van der Waals surface area contributed by atoms with Gasteiger partial charge in [-0.3, -0.25) is 4.98 Å². The monoisotopic (exact) mass is 2150 g/mol. The number of thioether (sulfide) groups is 1. The number of halogens is 11. The third-order valence-corrected chi connectivity index (χ3v) is 28.8. The summed E-state index contributed by atoms with van der Waals surface area (Å²) in [5, 5.41) is 28.5. The van der Waals surface area contributed by atoms with Crippen LogP contribution in [0.15, 0.2) is 249 Å². The van der Waals surface area contributed by atoms with E-state index in [9.17, 15) is 22.0 Å². The van der Waals surface area contributed by atoms with Gasteiger partial charge in [0.1, 0.15) is 87.3 Å². The summed E-state index contributed by atoms with van der Waals surface area (Å²) in [5.41, 5.74) is 23.3. The standard InChI is InChI=1S/C19H15ClFN5.C19H20ClFN4.C19H14ClN3S.3C18H19ClFN5/c1-11(12-5-3-2-4-6-12)25-16-7-15(22-9-14(16)21)13-8-23-19-18(13)26-17(20)10-24-19;20-17-11-24-19-18(25-17)14(10-23-19)13-6-7-15(21)16(8-13)22-9-12-4-2-1-3-5-12;20-17-11-22-19-18(23-17)16(10-21-19)14-7-4-8-15(9-14)24-12-13-5-2-1-3-6-13;19-16-10-24-18-17(25-16)13(9-23-18)12-1-2-14(20)15(7-12)22-8-11-3-5-21-6-4-11;19-16-10-24-18-17(25-16)13(9-23-18)12-3-4-14(20)15(6-12)22-8-11-2-1-5-21-7-11;19-16-10-24-18-17(25-16)13(9-23-18)11-4-5-14(20)15(7-11)22-8-12-3-1-2-6-21-12/h2-11H,1H3,(H,22,25)(H,23,24);6-8,10-12,22H,1-5,9H2,(H,23,24);1-11H,12H2,(H,21,22);1-2,7,9-11,21-22H,3-6,8H2,(H,23,24);3-4,6,9-11,21-22H,1-2,5,7-8H2,(H,23,24);4-5,7,9-10,12,21-22H,1-3,6,8H2,(H,23,24)/t11-;;;;;/m0...../s1. The van der Waals surface area contributed by atoms with Crippen LogP contribution in [0.4, 0.5) is 50.4 Å². The minimum Gasteiger partial charge on any atom is -0.382 e. The molecule has 20 aromatic rings. The van der Waals surface area contributed by atoms with Gasteiger partial charge in [-0.1, -0.05) is 192 Å². The van der Waals surface area contributed by atoms with Crippen LogP contribution in [-0.4, -0.2) is 160 Å². The first-order valence-electron chi connectivity index (χ1n) is 49.8. The molecule has 13 aromatic heterocycles. The van der Waals surface area contributed by atoms with Gasteiger partial charge in [0.15, 0.2) is 39.7 Å². The quantitative estimate of drug-likeness (QED) is 0.0197. The SMILES string of the molecule is C[C@H](Nc1cc(-c2c[nH]c3ncc(Cl)nc23)ncc1F)c1ccccc1.Clc1cnc2[nH]cc(-c3cccc(SCc4ccccc4)c3)c2n1.Fc1ccc(-c2c[nH]c3ncc(Cl)nc23)cc1NCC1CCCCC1.Fc1ccc(-c2c[nH]c3ncc(Cl)nc23)cc1NCC1CCCCN1.Fc1ccc(-c2c[nH]c3ncc(Cl)nc23)cc1NCC1CCCNC1.Fc1ccc(-c2c[nH]c3ncc(Cl)nc23)cc1NCC1CCNCC1. The summed E-state index contributed by atoms with van der Waals surface area (Å²) < 4.78 is 71.1. The lowest BCUT2D eigenvalue weighted by molar-refractivity contribution is 0.373. The molecule has 0 bridgehead atoms. The van der Waals surface area contributed by atoms with E-state index in [-0.39, 0.29) is 34.5 Å². The number of H-pyrrole nitrogens is 6. The lowest BCUT2D eigenvalue weighted by Crippen LogP contribution is -2.39. The minimum atomic E-state index is -0.416. The molecule has 150 heavy (non-hydrogen) atoms. The topological polar surface area (TPSA) is 359 Å². The Morgan fingerprint density at radius 2 is 0.707 bits per heavy atom. The zero-order valence-corrected chi connectivity index (χ0v) is 86.8. The Hall–Kier alpha value is -14.0. The van der Waals surface area contributed by atoms with Gasteiger partial charge in [-0.05, 0) is 214 Å². The number of nitrogens with zero attached hydrogens (tertiary/aromatic N) is 13. The molecule has 14 N–H and O–H groups in total. The maximum absolute atomic E-state index is 14.3. The summed E-state index contributed by atoms with van der Waals surface area (Å²) in [5.74, 6) is 1.26. The van der Waals surface area contributed by atoms with Crippen molar-refractivity contribution < 1.29 is 22.0 Å². The molecule has 4 aliphatic rings. The molecule has 0 amide bonds. The van der Waals surface area contributed by atoms with E-state index in [1.165, 1.54) is 123 Å². The summed E-state index contributed by atoms with van der Waals surface area (Å²) in [6.07, 6.45) is 35.7. The average molecular weight is 2160 g/mol. The number of hydrogen-bond donors (Lipinski definition) is 14. The van der Waals surface area contributed by atoms with E-state index in [0.29, 0.717) is 152 Å². The van der Waals surface area contributed by atoms with Crippen molar-refractivity contribution >= 4 is 177 Å². The minimum absolute atomic E-state index is 0.0573. The summed E-state index contributed by atoms with van der Waals surface area (Å²) in [6, 6.07) is 51.0. The summed E-state index contributed by atoms with van der Waals surface area (Å²) >= 11 is 37.6. The molecule has 27 nitrogen and oxygen atoms in total. The molecule has 3 aliphatic heterocycles. The van der Waals surface area contributed by atoms with Gasteiger partial charge >= 0.3 is 0 Å². The van der Waals surface area contributed by atoms with Crippen LogP contribution < -0.4 is 42.5 Å². The van der Waals surface area contributed by atoms with Crippen LogP contribution in [0.2, 0.25) is 30.9 Å². The van der Waals surface area contributed by atoms with Gasteiger partial charge in [-0.25, -0.2) is 81.8 Å². The van der Waals surface area contributed by atoms with Crippen molar-refractivity contribution in [3.63, 3.8) is 0 Å². The normalized spacial score (nSPS) is 15.0. The van der Waals surface area contributed by atoms with Crippen LogP contribution in [0.25, 0.3) is 134 Å². The smallest absolute Gasteiger partial charge is 0.164 e. The molecule has 39 heteroatoms. The molecule has 0 radical (unpaired) electrons. The van der Waals surface area contributed by atoms with Gasteiger partial charge in [-0.2, -0.15) is 0 Å². The second kappa shape index (κ2) is 50.1. The van der Waals surface area contributed by atoms with Crippen molar-refractivity contribution in [3.8, 4) is 66.9 Å². The summed E-state index contributed by atoms with van der Waals surface area (Å²) in [7, 11) is 0. The van der Waals surface area contributed by atoms with E-state index >= 15 is 0 Å². The van der Waals surface area contributed by atoms with Crippen LogP contribution in [0.3, 0.4) is 0 Å². The fraction of sp³-hybridized carbons (Fsp3) is 0.252. The first kappa shape index (κ1) is 105. The van der Waals surface area contributed by atoms with Crippen molar-refractivity contribution in [1.82, 2.24) is 111 Å². The number of anilines is 5. The molecule has 7 aromatic carbocycles. The fourth-order valence-electron chi connectivity index (χ4n) is 18.7. The molecule has 1 aliphatic carbocycles. The third kappa shape index (κ3) is 26.7. The van der Waals surface area contributed by atoms with Gasteiger partial charge in [0.05, 0.1) is 77.5 Å².